The molecule has 0 saturated carbocycles. The minimum Gasteiger partial charge on any atom is -0.326 e. The van der Waals surface area contributed by atoms with Crippen molar-refractivity contribution >= 4 is 23.2 Å². The van der Waals surface area contributed by atoms with Gasteiger partial charge in [-0.15, -0.1) is 0 Å². The fraction of sp³-hybridized carbons (Fsp3) is 0.417. The summed E-state index contributed by atoms with van der Waals surface area (Å²) in [5, 5.41) is 5.66. The van der Waals surface area contributed by atoms with Crippen molar-refractivity contribution in [2.24, 2.45) is 5.92 Å². The zero-order chi connectivity index (χ0) is 20.6. The van der Waals surface area contributed by atoms with E-state index in [1.165, 1.54) is 24.5 Å². The van der Waals surface area contributed by atoms with Gasteiger partial charge < -0.3 is 10.6 Å². The van der Waals surface area contributed by atoms with Gasteiger partial charge in [0, 0.05) is 18.3 Å². The standard InChI is InChI=1S/C24H31N3O2/c1-18-3-5-20(6-4-18)7-8-21-13-15-27(16-14-21)17-24(29)26-23-11-9-22(10-12-23)25-19(2)28/h3-6,9-12,21H,7-8,13-17H2,1-2H3,(H,25,28)(H,26,29). The van der Waals surface area contributed by atoms with Crippen LogP contribution in [0.5, 0.6) is 0 Å². The van der Waals surface area contributed by atoms with Crippen LogP contribution in [0.15, 0.2) is 48.5 Å². The molecule has 0 aromatic heterocycles. The number of likely N-dealkylation sites (tertiary alicyclic amines) is 1. The maximum Gasteiger partial charge on any atom is 0.238 e. The minimum atomic E-state index is -0.107. The summed E-state index contributed by atoms with van der Waals surface area (Å²) in [6.07, 6.45) is 4.68. The number of anilines is 2. The van der Waals surface area contributed by atoms with Crippen molar-refractivity contribution in [2.45, 2.75) is 39.5 Å². The molecule has 29 heavy (non-hydrogen) atoms. The number of aryl methyl sites for hydroxylation is 2. The molecular weight excluding hydrogens is 362 g/mol. The van der Waals surface area contributed by atoms with Gasteiger partial charge in [-0.1, -0.05) is 29.8 Å². The van der Waals surface area contributed by atoms with Gasteiger partial charge in [0.1, 0.15) is 0 Å². The number of benzene rings is 2. The molecule has 2 N–H and O–H groups in total. The molecule has 0 atom stereocenters. The lowest BCUT2D eigenvalue weighted by atomic mass is 9.90. The van der Waals surface area contributed by atoms with Gasteiger partial charge in [0.2, 0.25) is 11.8 Å². The third kappa shape index (κ3) is 7.02. The third-order valence-electron chi connectivity index (χ3n) is 5.53. The Morgan fingerprint density at radius 1 is 0.931 bits per heavy atom. The second-order valence-corrected chi connectivity index (χ2v) is 8.05. The number of nitrogens with one attached hydrogen (secondary N) is 2. The van der Waals surface area contributed by atoms with Crippen LogP contribution >= 0.6 is 0 Å². The van der Waals surface area contributed by atoms with Crippen LogP contribution in [-0.4, -0.2) is 36.3 Å². The molecule has 5 nitrogen and oxygen atoms in total. The summed E-state index contributed by atoms with van der Waals surface area (Å²) >= 11 is 0. The van der Waals surface area contributed by atoms with Crippen LogP contribution in [-0.2, 0) is 16.0 Å². The van der Waals surface area contributed by atoms with Gasteiger partial charge >= 0.3 is 0 Å². The zero-order valence-electron chi connectivity index (χ0n) is 17.4. The van der Waals surface area contributed by atoms with E-state index in [-0.39, 0.29) is 11.8 Å². The number of rotatable bonds is 7. The van der Waals surface area contributed by atoms with Crippen LogP contribution in [0.3, 0.4) is 0 Å². The molecule has 2 aromatic carbocycles. The molecule has 5 heteroatoms. The maximum absolute atomic E-state index is 12.3. The molecule has 0 bridgehead atoms. The molecule has 1 aliphatic heterocycles. The van der Waals surface area contributed by atoms with Crippen molar-refractivity contribution < 1.29 is 9.59 Å². The lowest BCUT2D eigenvalue weighted by Crippen LogP contribution is -2.39. The third-order valence-corrected chi connectivity index (χ3v) is 5.53. The predicted molar refractivity (Wildman–Crippen MR) is 118 cm³/mol. The summed E-state index contributed by atoms with van der Waals surface area (Å²) in [5.74, 6) is 0.649. The highest BCUT2D eigenvalue weighted by atomic mass is 16.2. The fourth-order valence-electron chi connectivity index (χ4n) is 3.80. The van der Waals surface area contributed by atoms with Crippen molar-refractivity contribution in [1.82, 2.24) is 4.90 Å². The van der Waals surface area contributed by atoms with Crippen LogP contribution in [0.25, 0.3) is 0 Å². The summed E-state index contributed by atoms with van der Waals surface area (Å²) in [5.41, 5.74) is 4.20. The predicted octanol–water partition coefficient (Wildman–Crippen LogP) is 4.24. The number of amides is 2. The van der Waals surface area contributed by atoms with Crippen molar-refractivity contribution in [3.63, 3.8) is 0 Å². The highest BCUT2D eigenvalue weighted by Crippen LogP contribution is 2.22. The van der Waals surface area contributed by atoms with Gasteiger partial charge in [0.15, 0.2) is 0 Å². The average molecular weight is 394 g/mol. The number of hydrogen-bond acceptors (Lipinski definition) is 3. The molecule has 2 aromatic rings. The normalized spacial score (nSPS) is 15.1. The first-order chi connectivity index (χ1) is 14.0. The van der Waals surface area contributed by atoms with E-state index < -0.39 is 0 Å². The first-order valence-corrected chi connectivity index (χ1v) is 10.4. The Kier molecular flexibility index (Phi) is 7.42. The molecule has 154 valence electrons. The molecular formula is C24H31N3O2. The van der Waals surface area contributed by atoms with Crippen molar-refractivity contribution in [1.29, 1.82) is 0 Å². The van der Waals surface area contributed by atoms with Gasteiger partial charge in [-0.05, 0) is 81.4 Å². The van der Waals surface area contributed by atoms with Crippen LogP contribution in [0, 0.1) is 12.8 Å². The van der Waals surface area contributed by atoms with Crippen molar-refractivity contribution in [3.05, 3.63) is 59.7 Å². The monoisotopic (exact) mass is 393 g/mol. The largest absolute Gasteiger partial charge is 0.326 e. The van der Waals surface area contributed by atoms with Gasteiger partial charge in [-0.25, -0.2) is 0 Å². The Balaban J connectivity index is 1.37. The summed E-state index contributed by atoms with van der Waals surface area (Å²) in [6.45, 7) is 5.98. The van der Waals surface area contributed by atoms with Crippen molar-refractivity contribution in [2.75, 3.05) is 30.3 Å². The number of nitrogens with zero attached hydrogens (tertiary/aromatic N) is 1. The molecule has 2 amide bonds. The molecule has 1 fully saturated rings. The highest BCUT2D eigenvalue weighted by molar-refractivity contribution is 5.93. The summed E-state index contributed by atoms with van der Waals surface area (Å²) in [7, 11) is 0. The number of carbonyl (C=O) groups excluding carboxylic acids is 2. The SMILES string of the molecule is CC(=O)Nc1ccc(NC(=O)CN2CCC(CCc3ccc(C)cc3)CC2)cc1. The van der Waals surface area contributed by atoms with Crippen LogP contribution in [0.1, 0.15) is 37.3 Å². The Hall–Kier alpha value is -2.66. The van der Waals surface area contributed by atoms with E-state index >= 15 is 0 Å². The van der Waals surface area contributed by atoms with E-state index in [2.05, 4.69) is 46.7 Å². The fourth-order valence-corrected chi connectivity index (χ4v) is 3.80. The Morgan fingerprint density at radius 3 is 2.10 bits per heavy atom. The van der Waals surface area contributed by atoms with Gasteiger partial charge in [0.05, 0.1) is 6.54 Å². The molecule has 1 saturated heterocycles. The maximum atomic E-state index is 12.3. The second kappa shape index (κ2) is 10.2. The molecule has 0 radical (unpaired) electrons. The van der Waals surface area contributed by atoms with Crippen LogP contribution < -0.4 is 10.6 Å². The van der Waals surface area contributed by atoms with E-state index in [1.54, 1.807) is 24.3 Å². The molecule has 0 aliphatic carbocycles. The summed E-state index contributed by atoms with van der Waals surface area (Å²) in [4.78, 5) is 25.6. The molecule has 1 aliphatic rings. The van der Waals surface area contributed by atoms with Gasteiger partial charge in [-0.2, -0.15) is 0 Å². The Morgan fingerprint density at radius 2 is 1.52 bits per heavy atom. The molecule has 1 heterocycles. The number of hydrogen-bond donors (Lipinski definition) is 2. The van der Waals surface area contributed by atoms with E-state index in [4.69, 9.17) is 0 Å². The minimum absolute atomic E-state index is 0.00961. The molecule has 0 unspecified atom stereocenters. The second-order valence-electron chi connectivity index (χ2n) is 8.05. The average Bonchev–Trinajstić information content (AvgIpc) is 2.70. The lowest BCUT2D eigenvalue weighted by molar-refractivity contribution is -0.117. The summed E-state index contributed by atoms with van der Waals surface area (Å²) < 4.78 is 0. The topological polar surface area (TPSA) is 61.4 Å². The summed E-state index contributed by atoms with van der Waals surface area (Å²) in [6, 6.07) is 16.0. The van der Waals surface area contributed by atoms with E-state index in [9.17, 15) is 9.59 Å². The first kappa shape index (κ1) is 21.1. The zero-order valence-corrected chi connectivity index (χ0v) is 17.4. The van der Waals surface area contributed by atoms with Gasteiger partial charge in [-0.3, -0.25) is 14.5 Å². The molecule has 3 rings (SSSR count). The quantitative estimate of drug-likeness (QED) is 0.740. The van der Waals surface area contributed by atoms with Gasteiger partial charge in [0.25, 0.3) is 0 Å². The first-order valence-electron chi connectivity index (χ1n) is 10.4. The van der Waals surface area contributed by atoms with Crippen LogP contribution in [0.4, 0.5) is 11.4 Å². The van der Waals surface area contributed by atoms with E-state index in [1.807, 2.05) is 0 Å². The van der Waals surface area contributed by atoms with Crippen LogP contribution in [0.2, 0.25) is 0 Å². The Labute approximate surface area is 173 Å². The number of carbonyl (C=O) groups is 2. The number of piperidine rings is 1. The lowest BCUT2D eigenvalue weighted by Gasteiger charge is -2.31. The highest BCUT2D eigenvalue weighted by Gasteiger charge is 2.20. The van der Waals surface area contributed by atoms with E-state index in [0.717, 1.165) is 49.6 Å². The van der Waals surface area contributed by atoms with Crippen molar-refractivity contribution in [3.8, 4) is 0 Å². The molecule has 0 spiro atoms. The Bertz CT molecular complexity index is 807. The van der Waals surface area contributed by atoms with E-state index in [0.29, 0.717) is 6.54 Å². The smallest absolute Gasteiger partial charge is 0.238 e.